The SMILES string of the molecule is CCN(CC)CCCC(C)NC(=NC)NCCCCN1CCCC1.I. The Morgan fingerprint density at radius 3 is 2.40 bits per heavy atom. The van der Waals surface area contributed by atoms with Gasteiger partial charge in [-0.05, 0) is 84.7 Å². The lowest BCUT2D eigenvalue weighted by molar-refractivity contribution is 0.292. The summed E-state index contributed by atoms with van der Waals surface area (Å²) in [6, 6.07) is 0.469. The molecule has 25 heavy (non-hydrogen) atoms. The zero-order chi connectivity index (χ0) is 17.6. The van der Waals surface area contributed by atoms with E-state index >= 15 is 0 Å². The second-order valence-corrected chi connectivity index (χ2v) is 6.97. The van der Waals surface area contributed by atoms with Crippen LogP contribution in [0.1, 0.15) is 59.3 Å². The van der Waals surface area contributed by atoms with Crippen molar-refractivity contribution in [2.24, 2.45) is 4.99 Å². The Balaban J connectivity index is 0.00000576. The van der Waals surface area contributed by atoms with Crippen LogP contribution in [0.3, 0.4) is 0 Å². The van der Waals surface area contributed by atoms with Crippen molar-refractivity contribution in [3.63, 3.8) is 0 Å². The van der Waals surface area contributed by atoms with Crippen molar-refractivity contribution >= 4 is 29.9 Å². The van der Waals surface area contributed by atoms with Crippen LogP contribution in [-0.2, 0) is 0 Å². The summed E-state index contributed by atoms with van der Waals surface area (Å²) < 4.78 is 0. The highest BCUT2D eigenvalue weighted by atomic mass is 127. The van der Waals surface area contributed by atoms with Gasteiger partial charge in [-0.15, -0.1) is 24.0 Å². The van der Waals surface area contributed by atoms with Crippen LogP contribution in [-0.4, -0.2) is 74.7 Å². The average molecular weight is 467 g/mol. The lowest BCUT2D eigenvalue weighted by Crippen LogP contribution is -2.42. The van der Waals surface area contributed by atoms with Gasteiger partial charge in [0.15, 0.2) is 5.96 Å². The molecule has 0 aromatic rings. The van der Waals surface area contributed by atoms with E-state index in [1.165, 1.54) is 64.7 Å². The quantitative estimate of drug-likeness (QED) is 0.200. The van der Waals surface area contributed by atoms with Gasteiger partial charge in [0.2, 0.25) is 0 Å². The fourth-order valence-electron chi connectivity index (χ4n) is 3.33. The molecule has 5 nitrogen and oxygen atoms in total. The molecule has 1 aliphatic rings. The molecule has 0 spiro atoms. The van der Waals surface area contributed by atoms with Gasteiger partial charge in [-0.25, -0.2) is 0 Å². The standard InChI is InChI=1S/C19H41N5.HI/c1-5-23(6-2)17-11-12-18(3)22-19(20-4)21-13-7-8-14-24-15-9-10-16-24;/h18H,5-17H2,1-4H3,(H2,20,21,22);1H. The molecule has 0 amide bonds. The van der Waals surface area contributed by atoms with E-state index in [0.29, 0.717) is 6.04 Å². The molecule has 0 radical (unpaired) electrons. The number of rotatable bonds is 12. The molecule has 1 rings (SSSR count). The number of nitrogens with zero attached hydrogens (tertiary/aromatic N) is 3. The van der Waals surface area contributed by atoms with E-state index in [1.807, 2.05) is 7.05 Å². The van der Waals surface area contributed by atoms with E-state index in [-0.39, 0.29) is 24.0 Å². The number of guanidine groups is 1. The Hall–Kier alpha value is -0.0800. The smallest absolute Gasteiger partial charge is 0.191 e. The van der Waals surface area contributed by atoms with Gasteiger partial charge in [-0.2, -0.15) is 0 Å². The highest BCUT2D eigenvalue weighted by molar-refractivity contribution is 14.0. The maximum absolute atomic E-state index is 4.35. The summed E-state index contributed by atoms with van der Waals surface area (Å²) in [5.74, 6) is 0.950. The van der Waals surface area contributed by atoms with E-state index in [1.54, 1.807) is 0 Å². The number of hydrogen-bond acceptors (Lipinski definition) is 3. The first-order valence-electron chi connectivity index (χ1n) is 10.1. The highest BCUT2D eigenvalue weighted by Gasteiger charge is 2.10. The third-order valence-electron chi connectivity index (χ3n) is 5.00. The van der Waals surface area contributed by atoms with E-state index in [9.17, 15) is 0 Å². The summed E-state index contributed by atoms with van der Waals surface area (Å²) in [5, 5.41) is 6.98. The Labute approximate surface area is 173 Å². The molecule has 0 aromatic carbocycles. The number of halogens is 1. The van der Waals surface area contributed by atoms with Gasteiger partial charge in [-0.3, -0.25) is 4.99 Å². The fraction of sp³-hybridized carbons (Fsp3) is 0.947. The molecule has 150 valence electrons. The van der Waals surface area contributed by atoms with Crippen molar-refractivity contribution in [2.45, 2.75) is 65.3 Å². The molecule has 0 saturated carbocycles. The molecule has 1 atom stereocenters. The molecule has 1 unspecified atom stereocenters. The predicted molar refractivity (Wildman–Crippen MR) is 121 cm³/mol. The first-order chi connectivity index (χ1) is 11.7. The van der Waals surface area contributed by atoms with Crippen LogP contribution in [0, 0.1) is 0 Å². The predicted octanol–water partition coefficient (Wildman–Crippen LogP) is 3.16. The molecule has 1 fully saturated rings. The van der Waals surface area contributed by atoms with Crippen LogP contribution in [0.2, 0.25) is 0 Å². The van der Waals surface area contributed by atoms with Crippen molar-refractivity contribution in [3.8, 4) is 0 Å². The van der Waals surface area contributed by atoms with Crippen LogP contribution in [0.5, 0.6) is 0 Å². The molecule has 2 N–H and O–H groups in total. The van der Waals surface area contributed by atoms with Crippen LogP contribution in [0.15, 0.2) is 4.99 Å². The van der Waals surface area contributed by atoms with Gasteiger partial charge in [0, 0.05) is 19.6 Å². The second kappa shape index (κ2) is 16.1. The van der Waals surface area contributed by atoms with Crippen molar-refractivity contribution in [3.05, 3.63) is 0 Å². The Kier molecular flexibility index (Phi) is 16.1. The summed E-state index contributed by atoms with van der Waals surface area (Å²) in [5.41, 5.74) is 0. The minimum atomic E-state index is 0. The second-order valence-electron chi connectivity index (χ2n) is 6.97. The summed E-state index contributed by atoms with van der Waals surface area (Å²) in [6.07, 6.45) is 7.70. The van der Waals surface area contributed by atoms with Gasteiger partial charge in [0.1, 0.15) is 0 Å². The van der Waals surface area contributed by atoms with Gasteiger partial charge >= 0.3 is 0 Å². The molecule has 1 saturated heterocycles. The first-order valence-corrected chi connectivity index (χ1v) is 10.1. The number of likely N-dealkylation sites (tertiary alicyclic amines) is 1. The zero-order valence-corrected chi connectivity index (χ0v) is 19.3. The maximum atomic E-state index is 4.35. The summed E-state index contributed by atoms with van der Waals surface area (Å²) in [6.45, 7) is 15.1. The Morgan fingerprint density at radius 1 is 1.12 bits per heavy atom. The maximum Gasteiger partial charge on any atom is 0.191 e. The minimum absolute atomic E-state index is 0. The van der Waals surface area contributed by atoms with E-state index in [4.69, 9.17) is 0 Å². The fourth-order valence-corrected chi connectivity index (χ4v) is 3.33. The number of nitrogens with one attached hydrogen (secondary N) is 2. The summed E-state index contributed by atoms with van der Waals surface area (Å²) in [7, 11) is 1.86. The average Bonchev–Trinajstić information content (AvgIpc) is 3.10. The first kappa shape index (κ1) is 24.9. The monoisotopic (exact) mass is 467 g/mol. The lowest BCUT2D eigenvalue weighted by atomic mass is 10.2. The molecule has 0 aromatic heterocycles. The van der Waals surface area contributed by atoms with Crippen molar-refractivity contribution in [1.82, 2.24) is 20.4 Å². The molecule has 6 heteroatoms. The molecule has 0 bridgehead atoms. The van der Waals surface area contributed by atoms with E-state index < -0.39 is 0 Å². The Morgan fingerprint density at radius 2 is 1.80 bits per heavy atom. The zero-order valence-electron chi connectivity index (χ0n) is 17.0. The molecule has 1 aliphatic heterocycles. The normalized spacial score (nSPS) is 16.8. The minimum Gasteiger partial charge on any atom is -0.356 e. The van der Waals surface area contributed by atoms with Gasteiger partial charge in [0.05, 0.1) is 0 Å². The van der Waals surface area contributed by atoms with Gasteiger partial charge < -0.3 is 20.4 Å². The Bertz CT molecular complexity index is 328. The van der Waals surface area contributed by atoms with E-state index in [2.05, 4.69) is 46.2 Å². The number of hydrogen-bond donors (Lipinski definition) is 2. The van der Waals surface area contributed by atoms with Crippen molar-refractivity contribution < 1.29 is 0 Å². The van der Waals surface area contributed by atoms with Crippen LogP contribution < -0.4 is 10.6 Å². The van der Waals surface area contributed by atoms with Gasteiger partial charge in [0.25, 0.3) is 0 Å². The lowest BCUT2D eigenvalue weighted by Gasteiger charge is -2.21. The number of aliphatic imine (C=N–C) groups is 1. The molecule has 0 aliphatic carbocycles. The molecular weight excluding hydrogens is 425 g/mol. The van der Waals surface area contributed by atoms with Crippen LogP contribution in [0.4, 0.5) is 0 Å². The van der Waals surface area contributed by atoms with E-state index in [0.717, 1.165) is 25.6 Å². The van der Waals surface area contributed by atoms with Crippen molar-refractivity contribution in [2.75, 3.05) is 52.9 Å². The van der Waals surface area contributed by atoms with Crippen LogP contribution >= 0.6 is 24.0 Å². The van der Waals surface area contributed by atoms with Crippen LogP contribution in [0.25, 0.3) is 0 Å². The summed E-state index contributed by atoms with van der Waals surface area (Å²) >= 11 is 0. The van der Waals surface area contributed by atoms with Gasteiger partial charge in [-0.1, -0.05) is 13.8 Å². The molecular formula is C19H42IN5. The van der Waals surface area contributed by atoms with Crippen molar-refractivity contribution in [1.29, 1.82) is 0 Å². The topological polar surface area (TPSA) is 42.9 Å². The highest BCUT2D eigenvalue weighted by Crippen LogP contribution is 2.07. The number of unbranched alkanes of at least 4 members (excludes halogenated alkanes) is 1. The molecule has 1 heterocycles. The summed E-state index contributed by atoms with van der Waals surface area (Å²) in [4.78, 5) is 9.43. The largest absolute Gasteiger partial charge is 0.356 e. The third-order valence-corrected chi connectivity index (χ3v) is 5.00. The third kappa shape index (κ3) is 12.0.